The van der Waals surface area contributed by atoms with Crippen LogP contribution >= 0.6 is 0 Å². The maximum Gasteiger partial charge on any atom is 0.280 e. The molecular formula is C6H9N5O2. The van der Waals surface area contributed by atoms with Gasteiger partial charge in [0.15, 0.2) is 5.82 Å². The quantitative estimate of drug-likeness (QED) is 0.588. The van der Waals surface area contributed by atoms with Gasteiger partial charge in [-0.3, -0.25) is 4.79 Å². The Morgan fingerprint density at radius 3 is 2.38 bits per heavy atom. The molecule has 2 aromatic rings. The van der Waals surface area contributed by atoms with E-state index < -0.39 is 0 Å². The molecule has 2 rings (SSSR count). The van der Waals surface area contributed by atoms with Crippen LogP contribution < -0.4 is 5.56 Å². The second kappa shape index (κ2) is 4.19. The lowest BCUT2D eigenvalue weighted by Crippen LogP contribution is -1.92. The van der Waals surface area contributed by atoms with Gasteiger partial charge >= 0.3 is 0 Å². The normalized spacial score (nSPS) is 9.08. The van der Waals surface area contributed by atoms with Crippen LogP contribution in [-0.2, 0) is 0 Å². The minimum absolute atomic E-state index is 0.183. The maximum absolute atomic E-state index is 10.1. The Labute approximate surface area is 73.1 Å². The molecule has 13 heavy (non-hydrogen) atoms. The Bertz CT molecular complexity index is 387. The van der Waals surface area contributed by atoms with E-state index in [4.69, 9.17) is 0 Å². The fourth-order valence-electron chi connectivity index (χ4n) is 0.586. The zero-order chi connectivity index (χ0) is 9.68. The molecule has 7 nitrogen and oxygen atoms in total. The van der Waals surface area contributed by atoms with Gasteiger partial charge < -0.3 is 4.52 Å². The summed E-state index contributed by atoms with van der Waals surface area (Å²) in [5.41, 5.74) is -0.183. The van der Waals surface area contributed by atoms with Crippen LogP contribution in [0.25, 0.3) is 0 Å². The fraction of sp³-hybridized carbons (Fsp3) is 0.333. The zero-order valence-corrected chi connectivity index (χ0v) is 7.24. The Morgan fingerprint density at radius 1 is 1.46 bits per heavy atom. The number of aryl methyl sites for hydroxylation is 2. The first-order chi connectivity index (χ1) is 6.18. The van der Waals surface area contributed by atoms with Crippen molar-refractivity contribution < 1.29 is 4.52 Å². The molecular weight excluding hydrogens is 174 g/mol. The monoisotopic (exact) mass is 183 g/mol. The minimum Gasteiger partial charge on any atom is -0.384 e. The number of hydrogen-bond donors (Lipinski definition) is 2. The highest BCUT2D eigenvalue weighted by atomic mass is 16.5. The Hall–Kier alpha value is -1.92. The summed E-state index contributed by atoms with van der Waals surface area (Å²) in [6.07, 6.45) is 0. The molecule has 0 spiro atoms. The number of aromatic nitrogens is 5. The van der Waals surface area contributed by atoms with Crippen molar-refractivity contribution in [2.45, 2.75) is 13.8 Å². The highest BCUT2D eigenvalue weighted by Crippen LogP contribution is 1.83. The van der Waals surface area contributed by atoms with Crippen LogP contribution in [0.15, 0.2) is 15.4 Å². The lowest BCUT2D eigenvalue weighted by atomic mass is 10.5. The van der Waals surface area contributed by atoms with Gasteiger partial charge in [0.05, 0.1) is 0 Å². The van der Waals surface area contributed by atoms with Crippen LogP contribution in [0.3, 0.4) is 0 Å². The van der Waals surface area contributed by atoms with Crippen molar-refractivity contribution in [3.8, 4) is 0 Å². The second-order valence-corrected chi connectivity index (χ2v) is 2.28. The highest BCUT2D eigenvalue weighted by Gasteiger charge is 1.85. The molecule has 0 atom stereocenters. The van der Waals surface area contributed by atoms with Crippen LogP contribution in [0.5, 0.6) is 0 Å². The first-order valence-electron chi connectivity index (χ1n) is 3.53. The average molecular weight is 183 g/mol. The highest BCUT2D eigenvalue weighted by molar-refractivity contribution is 4.88. The molecule has 0 saturated carbocycles. The van der Waals surface area contributed by atoms with Gasteiger partial charge in [-0.15, -0.1) is 10.2 Å². The molecule has 0 amide bonds. The Balaban J connectivity index is 0.000000132. The van der Waals surface area contributed by atoms with Crippen molar-refractivity contribution in [1.29, 1.82) is 0 Å². The minimum atomic E-state index is -0.183. The molecule has 70 valence electrons. The van der Waals surface area contributed by atoms with Gasteiger partial charge in [-0.25, -0.2) is 0 Å². The largest absolute Gasteiger partial charge is 0.384 e. The first-order valence-corrected chi connectivity index (χ1v) is 3.53. The number of H-pyrrole nitrogens is 2. The van der Waals surface area contributed by atoms with E-state index in [1.807, 2.05) is 0 Å². The van der Waals surface area contributed by atoms with Gasteiger partial charge in [-0.05, 0) is 13.8 Å². The molecule has 0 radical (unpaired) electrons. The molecule has 2 N–H and O–H groups in total. The molecule has 2 heterocycles. The van der Waals surface area contributed by atoms with Gasteiger partial charge in [-0.1, -0.05) is 5.21 Å². The van der Waals surface area contributed by atoms with Crippen molar-refractivity contribution in [1.82, 2.24) is 25.8 Å². The zero-order valence-electron chi connectivity index (χ0n) is 7.24. The Morgan fingerprint density at radius 2 is 2.23 bits per heavy atom. The first kappa shape index (κ1) is 9.17. The SMILES string of the molecule is Cc1cc(=O)[nH]o1.Cc1nn[nH]n1. The predicted octanol–water partition coefficient (Wildman–Crippen LogP) is -0.216. The fourth-order valence-corrected chi connectivity index (χ4v) is 0.586. The third-order valence-electron chi connectivity index (χ3n) is 1.10. The van der Waals surface area contributed by atoms with Crippen molar-refractivity contribution in [2.75, 3.05) is 0 Å². The predicted molar refractivity (Wildman–Crippen MR) is 43.0 cm³/mol. The van der Waals surface area contributed by atoms with E-state index in [9.17, 15) is 4.79 Å². The topological polar surface area (TPSA) is 100 Å². The van der Waals surface area contributed by atoms with Gasteiger partial charge in [0.25, 0.3) is 5.56 Å². The van der Waals surface area contributed by atoms with Crippen LogP contribution in [-0.4, -0.2) is 25.8 Å². The van der Waals surface area contributed by atoms with Gasteiger partial charge in [0, 0.05) is 6.07 Å². The van der Waals surface area contributed by atoms with E-state index in [0.717, 1.165) is 0 Å². The summed E-state index contributed by atoms with van der Waals surface area (Å²) in [6.45, 7) is 3.47. The van der Waals surface area contributed by atoms with Crippen molar-refractivity contribution in [3.63, 3.8) is 0 Å². The van der Waals surface area contributed by atoms with E-state index in [2.05, 4.69) is 30.3 Å². The average Bonchev–Trinajstić information content (AvgIpc) is 2.64. The van der Waals surface area contributed by atoms with E-state index >= 15 is 0 Å². The van der Waals surface area contributed by atoms with Crippen molar-refractivity contribution in [3.05, 3.63) is 28.0 Å². The molecule has 0 aromatic carbocycles. The molecule has 0 saturated heterocycles. The summed E-state index contributed by atoms with van der Waals surface area (Å²) in [5.74, 6) is 1.29. The lowest BCUT2D eigenvalue weighted by molar-refractivity contribution is 0.392. The smallest absolute Gasteiger partial charge is 0.280 e. The van der Waals surface area contributed by atoms with Gasteiger partial charge in [0.2, 0.25) is 0 Å². The van der Waals surface area contributed by atoms with Crippen LogP contribution in [0.4, 0.5) is 0 Å². The maximum atomic E-state index is 10.1. The molecule has 2 aromatic heterocycles. The standard InChI is InChI=1S/C4H5NO2.C2H4N4/c1-3-2-4(6)5-7-3;1-2-3-5-6-4-2/h2H,1H3,(H,5,6);1H3,(H,3,4,5,6). The van der Waals surface area contributed by atoms with Crippen molar-refractivity contribution >= 4 is 0 Å². The number of hydrogen-bond acceptors (Lipinski definition) is 5. The van der Waals surface area contributed by atoms with Crippen LogP contribution in [0, 0.1) is 13.8 Å². The number of nitrogens with zero attached hydrogens (tertiary/aromatic N) is 3. The molecule has 0 unspecified atom stereocenters. The molecule has 0 fully saturated rings. The molecule has 0 aliphatic heterocycles. The number of tetrazole rings is 1. The van der Waals surface area contributed by atoms with Gasteiger partial charge in [0.1, 0.15) is 5.76 Å². The van der Waals surface area contributed by atoms with Crippen LogP contribution in [0.1, 0.15) is 11.6 Å². The molecule has 0 aliphatic rings. The number of aromatic amines is 2. The Kier molecular flexibility index (Phi) is 2.96. The summed E-state index contributed by atoms with van der Waals surface area (Å²) in [5, 5.41) is 14.9. The van der Waals surface area contributed by atoms with Crippen LogP contribution in [0.2, 0.25) is 0 Å². The summed E-state index contributed by atoms with van der Waals surface area (Å²) in [7, 11) is 0. The van der Waals surface area contributed by atoms with Gasteiger partial charge in [-0.2, -0.15) is 10.4 Å². The summed E-state index contributed by atoms with van der Waals surface area (Å²) in [4.78, 5) is 10.1. The second-order valence-electron chi connectivity index (χ2n) is 2.28. The summed E-state index contributed by atoms with van der Waals surface area (Å²) < 4.78 is 4.53. The molecule has 7 heteroatoms. The van der Waals surface area contributed by atoms with E-state index in [0.29, 0.717) is 11.6 Å². The molecule has 0 bridgehead atoms. The van der Waals surface area contributed by atoms with E-state index in [1.54, 1.807) is 13.8 Å². The third-order valence-corrected chi connectivity index (χ3v) is 1.10. The summed E-state index contributed by atoms with van der Waals surface area (Å²) in [6, 6.07) is 1.39. The van der Waals surface area contributed by atoms with Crippen molar-refractivity contribution in [2.24, 2.45) is 0 Å². The number of nitrogens with one attached hydrogen (secondary N) is 2. The third kappa shape index (κ3) is 3.32. The molecule has 0 aliphatic carbocycles. The lowest BCUT2D eigenvalue weighted by Gasteiger charge is -1.66. The van der Waals surface area contributed by atoms with E-state index in [1.165, 1.54) is 6.07 Å². The van der Waals surface area contributed by atoms with E-state index in [-0.39, 0.29) is 5.56 Å². The summed E-state index contributed by atoms with van der Waals surface area (Å²) >= 11 is 0. The number of rotatable bonds is 0.